The van der Waals surface area contributed by atoms with Gasteiger partial charge >= 0.3 is 0 Å². The Balaban J connectivity index is 0.00000264. The van der Waals surface area contributed by atoms with Crippen LogP contribution in [0.25, 0.3) is 5.70 Å². The molecule has 1 atom stereocenters. The molecular formula is C17H18F2NO2Y-. The fourth-order valence-corrected chi connectivity index (χ4v) is 2.25. The molecule has 6 heteroatoms. The van der Waals surface area contributed by atoms with E-state index in [-0.39, 0.29) is 44.5 Å². The van der Waals surface area contributed by atoms with E-state index < -0.39 is 13.0 Å². The van der Waals surface area contributed by atoms with Crippen molar-refractivity contribution in [3.63, 3.8) is 0 Å². The van der Waals surface area contributed by atoms with Crippen LogP contribution in [0.3, 0.4) is 0 Å². The minimum atomic E-state index is -2.58. The molecule has 0 saturated heterocycles. The van der Waals surface area contributed by atoms with Crippen LogP contribution in [0.2, 0.25) is 0 Å². The van der Waals surface area contributed by atoms with Gasteiger partial charge in [0.2, 0.25) is 5.91 Å². The average molecular weight is 395 g/mol. The van der Waals surface area contributed by atoms with Crippen molar-refractivity contribution in [3.8, 4) is 5.75 Å². The quantitative estimate of drug-likeness (QED) is 0.545. The van der Waals surface area contributed by atoms with Gasteiger partial charge in [-0.05, 0) is 12.1 Å². The molecular weight excluding hydrogens is 377 g/mol. The molecule has 1 radical (unpaired) electrons. The number of rotatable bonds is 6. The zero-order valence-electron chi connectivity index (χ0n) is 13.0. The largest absolute Gasteiger partial charge is 0.490 e. The van der Waals surface area contributed by atoms with Crippen molar-refractivity contribution in [3.05, 3.63) is 48.6 Å². The van der Waals surface area contributed by atoms with Crippen molar-refractivity contribution in [1.82, 2.24) is 4.90 Å². The van der Waals surface area contributed by atoms with Crippen molar-refractivity contribution in [2.24, 2.45) is 5.92 Å². The summed E-state index contributed by atoms with van der Waals surface area (Å²) in [4.78, 5) is 13.3. The Morgan fingerprint density at radius 1 is 1.43 bits per heavy atom. The van der Waals surface area contributed by atoms with Crippen LogP contribution in [0.4, 0.5) is 8.78 Å². The number of halogens is 2. The first kappa shape index (κ1) is 20.0. The Hall–Kier alpha value is -1.07. The van der Waals surface area contributed by atoms with Gasteiger partial charge in [-0.15, -0.1) is 17.8 Å². The van der Waals surface area contributed by atoms with E-state index in [0.717, 1.165) is 4.90 Å². The summed E-state index contributed by atoms with van der Waals surface area (Å²) < 4.78 is 30.9. The van der Waals surface area contributed by atoms with Gasteiger partial charge in [0.1, 0.15) is 12.4 Å². The van der Waals surface area contributed by atoms with E-state index in [9.17, 15) is 13.6 Å². The standard InChI is InChI=1S/C17H18F2NO2.Y/c1-3-10-22-14-7-5-13(6-8-14)15-9-4-12(2)17(21)20(15)11-16(18)19;/h3,5-8,12,16H,1,4,10-11H2,2H3;/q-1;. The van der Waals surface area contributed by atoms with Gasteiger partial charge in [0.25, 0.3) is 6.43 Å². The second kappa shape index (κ2) is 9.28. The average Bonchev–Trinajstić information content (AvgIpc) is 2.50. The fraction of sp³-hybridized carbons (Fsp3) is 0.353. The summed E-state index contributed by atoms with van der Waals surface area (Å²) in [5, 5.41) is 0. The zero-order valence-corrected chi connectivity index (χ0v) is 15.8. The molecule has 0 bridgehead atoms. The van der Waals surface area contributed by atoms with E-state index in [2.05, 4.69) is 12.7 Å². The number of carbonyl (C=O) groups excluding carboxylic acids is 1. The third-order valence-corrected chi connectivity index (χ3v) is 3.35. The van der Waals surface area contributed by atoms with E-state index in [0.29, 0.717) is 30.0 Å². The third-order valence-electron chi connectivity index (χ3n) is 3.35. The van der Waals surface area contributed by atoms with E-state index >= 15 is 0 Å². The molecule has 1 amide bonds. The number of hydrogen-bond donors (Lipinski definition) is 0. The molecule has 121 valence electrons. The molecule has 0 aliphatic carbocycles. The second-order valence-electron chi connectivity index (χ2n) is 5.09. The van der Waals surface area contributed by atoms with Crippen LogP contribution in [0, 0.1) is 12.0 Å². The Morgan fingerprint density at radius 2 is 2.09 bits per heavy atom. The van der Waals surface area contributed by atoms with Gasteiger partial charge in [-0.2, -0.15) is 5.56 Å². The second-order valence-corrected chi connectivity index (χ2v) is 5.09. The summed E-state index contributed by atoms with van der Waals surface area (Å²) in [7, 11) is 0. The third kappa shape index (κ3) is 5.22. The van der Waals surface area contributed by atoms with Crippen molar-refractivity contribution < 1.29 is 51.0 Å². The van der Waals surface area contributed by atoms with Crippen LogP contribution in [0.5, 0.6) is 5.75 Å². The van der Waals surface area contributed by atoms with Gasteiger partial charge in [0.15, 0.2) is 0 Å². The summed E-state index contributed by atoms with van der Waals surface area (Å²) >= 11 is 0. The first-order valence-electron chi connectivity index (χ1n) is 7.07. The van der Waals surface area contributed by atoms with Gasteiger partial charge in [-0.1, -0.05) is 26.0 Å². The molecule has 1 aromatic carbocycles. The van der Waals surface area contributed by atoms with Crippen LogP contribution < -0.4 is 4.74 Å². The molecule has 0 aromatic heterocycles. The Morgan fingerprint density at radius 3 is 2.65 bits per heavy atom. The smallest absolute Gasteiger partial charge is 0.256 e. The van der Waals surface area contributed by atoms with Gasteiger partial charge in [-0.25, -0.2) is 14.9 Å². The predicted molar refractivity (Wildman–Crippen MR) is 80.3 cm³/mol. The Labute approximate surface area is 160 Å². The molecule has 0 N–H and O–H groups in total. The molecule has 23 heavy (non-hydrogen) atoms. The molecule has 3 nitrogen and oxygen atoms in total. The molecule has 1 aliphatic heterocycles. The van der Waals surface area contributed by atoms with Crippen molar-refractivity contribution in [2.75, 3.05) is 13.2 Å². The van der Waals surface area contributed by atoms with Crippen molar-refractivity contribution >= 4 is 11.6 Å². The predicted octanol–water partition coefficient (Wildman–Crippen LogP) is 3.53. The number of benzene rings is 1. The maximum Gasteiger partial charge on any atom is 0.256 e. The van der Waals surface area contributed by atoms with Crippen LogP contribution in [-0.4, -0.2) is 30.4 Å². The van der Waals surface area contributed by atoms with Crippen LogP contribution in [0.1, 0.15) is 18.9 Å². The van der Waals surface area contributed by atoms with E-state index in [4.69, 9.17) is 4.74 Å². The van der Waals surface area contributed by atoms with Crippen molar-refractivity contribution in [2.45, 2.75) is 19.8 Å². The Kier molecular flexibility index (Phi) is 8.06. The molecule has 0 saturated carbocycles. The Bertz CT molecular complexity index is 572. The van der Waals surface area contributed by atoms with Crippen LogP contribution >= 0.6 is 0 Å². The topological polar surface area (TPSA) is 29.5 Å². The van der Waals surface area contributed by atoms with E-state index in [1.54, 1.807) is 37.3 Å². The minimum absolute atomic E-state index is 0. The molecule has 1 unspecified atom stereocenters. The van der Waals surface area contributed by atoms with E-state index in [1.807, 2.05) is 0 Å². The monoisotopic (exact) mass is 395 g/mol. The molecule has 0 fully saturated rings. The summed E-state index contributed by atoms with van der Waals surface area (Å²) in [6.45, 7) is 5.06. The number of allylic oxidation sites excluding steroid dienone is 1. The first-order chi connectivity index (χ1) is 10.5. The molecule has 1 aliphatic rings. The van der Waals surface area contributed by atoms with E-state index in [1.165, 1.54) is 0 Å². The maximum absolute atomic E-state index is 12.7. The number of amides is 1. The van der Waals surface area contributed by atoms with Crippen LogP contribution in [0.15, 0.2) is 36.9 Å². The molecule has 0 spiro atoms. The summed E-state index contributed by atoms with van der Waals surface area (Å²) in [6, 6.07) is 6.94. The number of carbonyl (C=O) groups is 1. The molecule has 1 heterocycles. The number of alkyl halides is 2. The molecule has 2 rings (SSSR count). The maximum atomic E-state index is 12.7. The minimum Gasteiger partial charge on any atom is -0.490 e. The van der Waals surface area contributed by atoms with Gasteiger partial charge in [0, 0.05) is 38.6 Å². The SMILES string of the molecule is C=CCOc1ccc(C2=[C-]CC(C)C(=O)N2CC(F)F)cc1.[Y]. The fourth-order valence-electron chi connectivity index (χ4n) is 2.25. The zero-order chi connectivity index (χ0) is 16.1. The van der Waals surface area contributed by atoms with Crippen LogP contribution in [-0.2, 0) is 37.5 Å². The summed E-state index contributed by atoms with van der Waals surface area (Å²) in [6.07, 6.45) is 2.55. The molecule has 1 aromatic rings. The normalized spacial score (nSPS) is 17.6. The number of nitrogens with zero attached hydrogens (tertiary/aromatic N) is 1. The number of ether oxygens (including phenoxy) is 1. The summed E-state index contributed by atoms with van der Waals surface area (Å²) in [5.41, 5.74) is 1.09. The summed E-state index contributed by atoms with van der Waals surface area (Å²) in [5.74, 6) is 0.0406. The van der Waals surface area contributed by atoms with Gasteiger partial charge in [0.05, 0.1) is 6.54 Å². The first-order valence-corrected chi connectivity index (χ1v) is 7.07. The van der Waals surface area contributed by atoms with Crippen molar-refractivity contribution in [1.29, 1.82) is 0 Å². The number of hydrogen-bond acceptors (Lipinski definition) is 2. The van der Waals surface area contributed by atoms with Gasteiger partial charge < -0.3 is 9.64 Å². The van der Waals surface area contributed by atoms with Gasteiger partial charge in [-0.3, -0.25) is 4.79 Å².